The molecule has 224 valence electrons. The first-order valence-electron chi connectivity index (χ1n) is 16.1. The first-order valence-corrected chi connectivity index (χ1v) is 16.1. The van der Waals surface area contributed by atoms with Crippen molar-refractivity contribution >= 4 is 54.4 Å². The Bertz CT molecular complexity index is 2810. The molecule has 0 spiro atoms. The Labute approximate surface area is 276 Å². The third-order valence-corrected chi connectivity index (χ3v) is 9.41. The van der Waals surface area contributed by atoms with E-state index in [0.717, 1.165) is 55.7 Å². The number of para-hydroxylation sites is 2. The van der Waals surface area contributed by atoms with Crippen LogP contribution in [0, 0.1) is 0 Å². The van der Waals surface area contributed by atoms with E-state index in [4.69, 9.17) is 9.97 Å². The molecule has 0 radical (unpaired) electrons. The van der Waals surface area contributed by atoms with Crippen LogP contribution in [0.3, 0.4) is 0 Å². The van der Waals surface area contributed by atoms with Crippen molar-refractivity contribution in [3.05, 3.63) is 164 Å². The maximum atomic E-state index is 5.40. The van der Waals surface area contributed by atoms with Gasteiger partial charge in [0.25, 0.3) is 0 Å². The normalized spacial score (nSPS) is 11.8. The number of pyridine rings is 1. The second kappa shape index (κ2) is 10.5. The van der Waals surface area contributed by atoms with Gasteiger partial charge >= 0.3 is 0 Å². The molecule has 0 atom stereocenters. The summed E-state index contributed by atoms with van der Waals surface area (Å²) in [4.78, 5) is 15.2. The molecule has 0 aliphatic carbocycles. The van der Waals surface area contributed by atoms with E-state index in [1.807, 2.05) is 30.5 Å². The monoisotopic (exact) mass is 613 g/mol. The Morgan fingerprint density at radius 2 is 1.25 bits per heavy atom. The summed E-state index contributed by atoms with van der Waals surface area (Å²) < 4.78 is 4.53. The van der Waals surface area contributed by atoms with Gasteiger partial charge in [0.1, 0.15) is 0 Å². The molecule has 4 aromatic heterocycles. The van der Waals surface area contributed by atoms with Crippen LogP contribution in [0.1, 0.15) is 0 Å². The van der Waals surface area contributed by atoms with Crippen LogP contribution < -0.4 is 0 Å². The molecule has 0 unspecified atom stereocenters. The molecule has 0 N–H and O–H groups in total. The number of hydrogen-bond donors (Lipinski definition) is 0. The van der Waals surface area contributed by atoms with E-state index < -0.39 is 0 Å². The van der Waals surface area contributed by atoms with Crippen LogP contribution >= 0.6 is 0 Å². The van der Waals surface area contributed by atoms with E-state index in [9.17, 15) is 0 Å². The predicted octanol–water partition coefficient (Wildman–Crippen LogP) is 10.6. The van der Waals surface area contributed by atoms with Gasteiger partial charge in [-0.2, -0.15) is 0 Å². The summed E-state index contributed by atoms with van der Waals surface area (Å²) in [5, 5.41) is 6.89. The highest BCUT2D eigenvalue weighted by molar-refractivity contribution is 6.20. The summed E-state index contributed by atoms with van der Waals surface area (Å²) in [7, 11) is 0. The topological polar surface area (TPSA) is 48.5 Å². The molecule has 0 fully saturated rings. The highest BCUT2D eigenvalue weighted by Gasteiger charge is 2.20. The van der Waals surface area contributed by atoms with Crippen molar-refractivity contribution in [3.63, 3.8) is 0 Å². The molecule has 5 nitrogen and oxygen atoms in total. The average molecular weight is 614 g/mol. The molecule has 0 saturated carbocycles. The number of rotatable bonds is 4. The number of benzene rings is 6. The molecule has 4 heterocycles. The Balaban J connectivity index is 1.28. The van der Waals surface area contributed by atoms with Gasteiger partial charge in [-0.15, -0.1) is 0 Å². The van der Waals surface area contributed by atoms with E-state index in [1.165, 1.54) is 26.9 Å². The molecule has 0 aliphatic heterocycles. The van der Waals surface area contributed by atoms with Gasteiger partial charge in [0, 0.05) is 56.1 Å². The Morgan fingerprint density at radius 3 is 2.10 bits per heavy atom. The van der Waals surface area contributed by atoms with Gasteiger partial charge in [0.2, 0.25) is 5.95 Å². The number of hydrogen-bond acceptors (Lipinski definition) is 3. The minimum Gasteiger partial charge on any atom is -0.316 e. The van der Waals surface area contributed by atoms with Crippen molar-refractivity contribution in [1.82, 2.24) is 24.1 Å². The van der Waals surface area contributed by atoms with Crippen molar-refractivity contribution in [3.8, 4) is 34.2 Å². The smallest absolute Gasteiger partial charge is 0.235 e. The average Bonchev–Trinajstić information content (AvgIpc) is 3.73. The SMILES string of the molecule is c1ccc(-n2ccc3cc4c5ccc6ccccc6c5n(-c5nc(-c6ccc(-c7ccccn7)cc6)c6ccccc6n5)c4cc32)cc1. The standard InChI is InChI=1S/C43H27N5/c1-2-11-32(12-3-1)47-25-23-31-26-36-34-22-21-28-10-4-5-13-33(28)42(34)48(40(36)27-39(31)47)43-45-38-16-7-6-14-35(38)41(46-43)30-19-17-29(18-20-30)37-15-8-9-24-44-37/h1-27H. The van der Waals surface area contributed by atoms with Gasteiger partial charge in [-0.05, 0) is 53.9 Å². The first-order chi connectivity index (χ1) is 23.8. The predicted molar refractivity (Wildman–Crippen MR) is 197 cm³/mol. The second-order valence-electron chi connectivity index (χ2n) is 12.1. The van der Waals surface area contributed by atoms with Crippen molar-refractivity contribution in [2.45, 2.75) is 0 Å². The van der Waals surface area contributed by atoms with Crippen LogP contribution in [-0.2, 0) is 0 Å². The third-order valence-electron chi connectivity index (χ3n) is 9.41. The third kappa shape index (κ3) is 4.08. The molecule has 6 aromatic carbocycles. The van der Waals surface area contributed by atoms with Crippen molar-refractivity contribution in [2.24, 2.45) is 0 Å². The van der Waals surface area contributed by atoms with Gasteiger partial charge in [-0.3, -0.25) is 9.55 Å². The minimum atomic E-state index is 0.644. The highest BCUT2D eigenvalue weighted by atomic mass is 15.2. The van der Waals surface area contributed by atoms with E-state index in [1.54, 1.807) is 0 Å². The molecular formula is C43H27N5. The summed E-state index contributed by atoms with van der Waals surface area (Å²) >= 11 is 0. The van der Waals surface area contributed by atoms with E-state index in [-0.39, 0.29) is 0 Å². The lowest BCUT2D eigenvalue weighted by Gasteiger charge is -2.13. The van der Waals surface area contributed by atoms with Gasteiger partial charge in [0.05, 0.1) is 33.5 Å². The van der Waals surface area contributed by atoms with Crippen molar-refractivity contribution in [2.75, 3.05) is 0 Å². The molecule has 10 rings (SSSR count). The Morgan fingerprint density at radius 1 is 0.479 bits per heavy atom. The summed E-state index contributed by atoms with van der Waals surface area (Å²) in [5.41, 5.74) is 9.26. The molecular weight excluding hydrogens is 587 g/mol. The van der Waals surface area contributed by atoms with Crippen LogP contribution in [0.15, 0.2) is 164 Å². The van der Waals surface area contributed by atoms with Gasteiger partial charge in [-0.1, -0.05) is 103 Å². The van der Waals surface area contributed by atoms with Gasteiger partial charge in [-0.25, -0.2) is 9.97 Å². The highest BCUT2D eigenvalue weighted by Crippen LogP contribution is 2.39. The lowest BCUT2D eigenvalue weighted by atomic mass is 10.0. The number of fused-ring (bicyclic) bond motifs is 7. The van der Waals surface area contributed by atoms with E-state index >= 15 is 0 Å². The minimum absolute atomic E-state index is 0.644. The second-order valence-corrected chi connectivity index (χ2v) is 12.1. The molecule has 48 heavy (non-hydrogen) atoms. The quantitative estimate of drug-likeness (QED) is 0.198. The molecule has 0 saturated heterocycles. The lowest BCUT2D eigenvalue weighted by molar-refractivity contribution is 1.02. The maximum Gasteiger partial charge on any atom is 0.235 e. The molecule has 0 amide bonds. The van der Waals surface area contributed by atoms with Crippen LogP contribution in [0.4, 0.5) is 0 Å². The summed E-state index contributed by atoms with van der Waals surface area (Å²) in [6, 6.07) is 53.2. The molecule has 0 aliphatic rings. The van der Waals surface area contributed by atoms with Crippen LogP contribution in [0.25, 0.3) is 88.5 Å². The maximum absolute atomic E-state index is 5.40. The summed E-state index contributed by atoms with van der Waals surface area (Å²) in [6.07, 6.45) is 3.98. The zero-order valence-electron chi connectivity index (χ0n) is 25.8. The van der Waals surface area contributed by atoms with E-state index in [0.29, 0.717) is 5.95 Å². The molecule has 10 aromatic rings. The van der Waals surface area contributed by atoms with Crippen molar-refractivity contribution < 1.29 is 0 Å². The largest absolute Gasteiger partial charge is 0.316 e. The number of aromatic nitrogens is 5. The fourth-order valence-corrected chi connectivity index (χ4v) is 7.14. The first kappa shape index (κ1) is 26.6. The molecule has 5 heteroatoms. The van der Waals surface area contributed by atoms with Crippen molar-refractivity contribution in [1.29, 1.82) is 0 Å². The Hall–Kier alpha value is -6.59. The van der Waals surface area contributed by atoms with Crippen LogP contribution in [0.2, 0.25) is 0 Å². The molecule has 0 bridgehead atoms. The van der Waals surface area contributed by atoms with Gasteiger partial charge < -0.3 is 4.57 Å². The fraction of sp³-hybridized carbons (Fsp3) is 0. The van der Waals surface area contributed by atoms with Crippen LogP contribution in [0.5, 0.6) is 0 Å². The zero-order valence-corrected chi connectivity index (χ0v) is 25.8. The van der Waals surface area contributed by atoms with Gasteiger partial charge in [0.15, 0.2) is 0 Å². The van der Waals surface area contributed by atoms with Crippen LogP contribution in [-0.4, -0.2) is 24.1 Å². The summed E-state index contributed by atoms with van der Waals surface area (Å²) in [5.74, 6) is 0.644. The Kier molecular flexibility index (Phi) is 5.81. The fourth-order valence-electron chi connectivity index (χ4n) is 7.14. The summed E-state index contributed by atoms with van der Waals surface area (Å²) in [6.45, 7) is 0. The van der Waals surface area contributed by atoms with E-state index in [2.05, 4.69) is 148 Å². The number of nitrogens with zero attached hydrogens (tertiary/aromatic N) is 5. The zero-order chi connectivity index (χ0) is 31.6. The lowest BCUT2D eigenvalue weighted by Crippen LogP contribution is -2.04.